The molecule has 3 N–H and O–H groups in total. The second-order valence-electron chi connectivity index (χ2n) is 4.93. The van der Waals surface area contributed by atoms with E-state index in [2.05, 4.69) is 10.4 Å². The summed E-state index contributed by atoms with van der Waals surface area (Å²) in [6.07, 6.45) is 3.39. The van der Waals surface area contributed by atoms with Crippen molar-refractivity contribution in [1.29, 1.82) is 0 Å². The molecule has 0 aliphatic heterocycles. The molecule has 1 amide bonds. The van der Waals surface area contributed by atoms with Crippen LogP contribution in [0.3, 0.4) is 0 Å². The first-order valence-electron chi connectivity index (χ1n) is 6.27. The van der Waals surface area contributed by atoms with Crippen LogP contribution in [-0.4, -0.2) is 32.9 Å². The van der Waals surface area contributed by atoms with E-state index in [0.29, 0.717) is 0 Å². The Morgan fingerprint density at radius 3 is 2.68 bits per heavy atom. The van der Waals surface area contributed by atoms with E-state index < -0.39 is 16.7 Å². The largest absolute Gasteiger partial charge is 0.394 e. The molecule has 7 heteroatoms. The number of nitrogens with zero attached hydrogens (tertiary/aromatic N) is 1. The second kappa shape index (κ2) is 5.40. The van der Waals surface area contributed by atoms with E-state index in [-0.39, 0.29) is 19.1 Å². The lowest BCUT2D eigenvalue weighted by Gasteiger charge is -2.27. The fourth-order valence-corrected chi connectivity index (χ4v) is 2.43. The van der Waals surface area contributed by atoms with Crippen molar-refractivity contribution in [2.75, 3.05) is 6.61 Å². The van der Waals surface area contributed by atoms with Crippen LogP contribution in [0.25, 0.3) is 0 Å². The van der Waals surface area contributed by atoms with Crippen molar-refractivity contribution < 1.29 is 9.90 Å². The maximum Gasteiger partial charge on any atom is 0.265 e. The van der Waals surface area contributed by atoms with Gasteiger partial charge in [0.1, 0.15) is 6.54 Å². The van der Waals surface area contributed by atoms with Gasteiger partial charge in [-0.05, 0) is 12.8 Å². The van der Waals surface area contributed by atoms with Gasteiger partial charge in [0.05, 0.1) is 12.1 Å². The third-order valence-corrected chi connectivity index (χ3v) is 3.46. The Hall–Kier alpha value is -1.89. The van der Waals surface area contributed by atoms with Crippen molar-refractivity contribution in [2.45, 2.75) is 37.8 Å². The van der Waals surface area contributed by atoms with Crippen molar-refractivity contribution >= 4 is 5.91 Å². The summed E-state index contributed by atoms with van der Waals surface area (Å²) in [5.41, 5.74) is -1.46. The summed E-state index contributed by atoms with van der Waals surface area (Å²) < 4.78 is 0.956. The molecule has 1 aromatic heterocycles. The minimum absolute atomic E-state index is 0.112. The van der Waals surface area contributed by atoms with Crippen molar-refractivity contribution in [1.82, 2.24) is 15.1 Å². The third-order valence-electron chi connectivity index (χ3n) is 3.46. The molecule has 0 atom stereocenters. The van der Waals surface area contributed by atoms with Crippen molar-refractivity contribution in [3.63, 3.8) is 0 Å². The average Bonchev–Trinajstić information content (AvgIpc) is 2.83. The summed E-state index contributed by atoms with van der Waals surface area (Å²) in [4.78, 5) is 34.4. The summed E-state index contributed by atoms with van der Waals surface area (Å²) in [6, 6.07) is 2.23. The van der Waals surface area contributed by atoms with E-state index in [4.69, 9.17) is 0 Å². The summed E-state index contributed by atoms with van der Waals surface area (Å²) in [7, 11) is 0. The van der Waals surface area contributed by atoms with E-state index >= 15 is 0 Å². The van der Waals surface area contributed by atoms with Gasteiger partial charge in [0.15, 0.2) is 0 Å². The predicted molar refractivity (Wildman–Crippen MR) is 67.8 cm³/mol. The lowest BCUT2D eigenvalue weighted by molar-refractivity contribution is -0.124. The van der Waals surface area contributed by atoms with Crippen LogP contribution in [0.1, 0.15) is 25.7 Å². The quantitative estimate of drug-likeness (QED) is 0.648. The number of aliphatic hydroxyl groups excluding tert-OH is 1. The highest BCUT2D eigenvalue weighted by atomic mass is 16.3. The van der Waals surface area contributed by atoms with Crippen molar-refractivity contribution in [3.05, 3.63) is 32.8 Å². The zero-order valence-electron chi connectivity index (χ0n) is 10.5. The molecule has 104 valence electrons. The predicted octanol–water partition coefficient (Wildman–Crippen LogP) is -1.04. The zero-order valence-corrected chi connectivity index (χ0v) is 10.5. The molecule has 0 radical (unpaired) electrons. The molecule has 0 unspecified atom stereocenters. The number of aromatic amines is 1. The van der Waals surface area contributed by atoms with Crippen LogP contribution in [0.4, 0.5) is 0 Å². The molecule has 1 heterocycles. The van der Waals surface area contributed by atoms with Gasteiger partial charge in [0, 0.05) is 12.1 Å². The van der Waals surface area contributed by atoms with Gasteiger partial charge in [-0.3, -0.25) is 19.5 Å². The number of amides is 1. The van der Waals surface area contributed by atoms with Crippen LogP contribution in [0.5, 0.6) is 0 Å². The van der Waals surface area contributed by atoms with Crippen molar-refractivity contribution in [3.8, 4) is 0 Å². The van der Waals surface area contributed by atoms with Crippen LogP contribution in [0.15, 0.2) is 21.7 Å². The molecule has 7 nitrogen and oxygen atoms in total. The van der Waals surface area contributed by atoms with Crippen LogP contribution >= 0.6 is 0 Å². The van der Waals surface area contributed by atoms with Gasteiger partial charge in [-0.1, -0.05) is 12.8 Å². The van der Waals surface area contributed by atoms with Gasteiger partial charge < -0.3 is 10.4 Å². The summed E-state index contributed by atoms with van der Waals surface area (Å²) in [5, 5.41) is 14.4. The first-order chi connectivity index (χ1) is 9.04. The lowest BCUT2D eigenvalue weighted by atomic mass is 9.99. The molecule has 1 aliphatic rings. The Morgan fingerprint density at radius 1 is 1.37 bits per heavy atom. The summed E-state index contributed by atoms with van der Waals surface area (Å²) in [6.45, 7) is -0.365. The summed E-state index contributed by atoms with van der Waals surface area (Å²) >= 11 is 0. The van der Waals surface area contributed by atoms with Crippen LogP contribution in [-0.2, 0) is 11.3 Å². The normalized spacial score (nSPS) is 17.3. The smallest absolute Gasteiger partial charge is 0.265 e. The fraction of sp³-hybridized carbons (Fsp3) is 0.583. The summed E-state index contributed by atoms with van der Waals surface area (Å²) in [5.74, 6) is -0.389. The van der Waals surface area contributed by atoms with Crippen LogP contribution in [0, 0.1) is 0 Å². The van der Waals surface area contributed by atoms with E-state index in [0.717, 1.165) is 42.5 Å². The Balaban J connectivity index is 2.07. The minimum atomic E-state index is -0.574. The molecule has 2 rings (SSSR count). The van der Waals surface area contributed by atoms with Crippen molar-refractivity contribution in [2.24, 2.45) is 0 Å². The third kappa shape index (κ3) is 3.11. The van der Waals surface area contributed by atoms with Gasteiger partial charge in [0.25, 0.3) is 11.1 Å². The SMILES string of the molecule is O=C(Cn1[nH]c(=O)ccc1=O)NC1(CO)CCCC1. The topological polar surface area (TPSA) is 104 Å². The monoisotopic (exact) mass is 267 g/mol. The highest BCUT2D eigenvalue weighted by Crippen LogP contribution is 2.28. The highest BCUT2D eigenvalue weighted by molar-refractivity contribution is 5.76. The Labute approximate surface area is 109 Å². The number of carbonyl (C=O) groups is 1. The molecule has 0 aromatic carbocycles. The highest BCUT2D eigenvalue weighted by Gasteiger charge is 2.34. The number of aliphatic hydroxyl groups is 1. The molecule has 0 spiro atoms. The number of hydrogen-bond acceptors (Lipinski definition) is 4. The van der Waals surface area contributed by atoms with Gasteiger partial charge >= 0.3 is 0 Å². The van der Waals surface area contributed by atoms with Gasteiger partial charge in [0.2, 0.25) is 5.91 Å². The first kappa shape index (κ1) is 13.5. The number of rotatable bonds is 4. The van der Waals surface area contributed by atoms with Crippen LogP contribution < -0.4 is 16.4 Å². The van der Waals surface area contributed by atoms with Crippen LogP contribution in [0.2, 0.25) is 0 Å². The maximum atomic E-state index is 11.9. The number of hydrogen-bond donors (Lipinski definition) is 3. The fourth-order valence-electron chi connectivity index (χ4n) is 2.43. The molecule has 0 saturated heterocycles. The van der Waals surface area contributed by atoms with E-state index in [1.54, 1.807) is 0 Å². The number of aromatic nitrogens is 2. The molecule has 1 aromatic rings. The van der Waals surface area contributed by atoms with Gasteiger partial charge in [-0.2, -0.15) is 0 Å². The van der Waals surface area contributed by atoms with E-state index in [1.165, 1.54) is 0 Å². The van der Waals surface area contributed by atoms with E-state index in [9.17, 15) is 19.5 Å². The zero-order chi connectivity index (χ0) is 13.9. The molecule has 1 saturated carbocycles. The van der Waals surface area contributed by atoms with Gasteiger partial charge in [-0.15, -0.1) is 0 Å². The Morgan fingerprint density at radius 2 is 2.05 bits per heavy atom. The van der Waals surface area contributed by atoms with Gasteiger partial charge in [-0.25, -0.2) is 4.68 Å². The Kier molecular flexibility index (Phi) is 3.84. The molecular weight excluding hydrogens is 250 g/mol. The van der Waals surface area contributed by atoms with E-state index in [1.807, 2.05) is 0 Å². The number of carbonyl (C=O) groups excluding carboxylic acids is 1. The molecule has 1 aliphatic carbocycles. The number of nitrogens with one attached hydrogen (secondary N) is 2. The lowest BCUT2D eigenvalue weighted by Crippen LogP contribution is -2.51. The average molecular weight is 267 g/mol. The maximum absolute atomic E-state index is 11.9. The molecule has 0 bridgehead atoms. The Bertz CT molecular complexity index is 569. The molecular formula is C12H17N3O4. The second-order valence-corrected chi connectivity index (χ2v) is 4.93. The molecule has 19 heavy (non-hydrogen) atoms. The first-order valence-corrected chi connectivity index (χ1v) is 6.27. The molecule has 1 fully saturated rings. The standard InChI is InChI=1S/C12H17N3O4/c16-8-12(5-1-2-6-12)13-10(18)7-15-11(19)4-3-9(17)14-15/h3-4,16H,1-2,5-8H2,(H,13,18)(H,14,17). The number of H-pyrrole nitrogens is 1. The minimum Gasteiger partial charge on any atom is -0.394 e.